The molecule has 0 fully saturated rings. The van der Waals surface area contributed by atoms with Crippen molar-refractivity contribution in [2.24, 2.45) is 0 Å². The van der Waals surface area contributed by atoms with Crippen molar-refractivity contribution in [3.05, 3.63) is 47.5 Å². The van der Waals surface area contributed by atoms with Crippen molar-refractivity contribution in [3.63, 3.8) is 0 Å². The predicted molar refractivity (Wildman–Crippen MR) is 127 cm³/mol. The van der Waals surface area contributed by atoms with Gasteiger partial charge in [-0.3, -0.25) is 14.9 Å². The number of aromatic hydroxyl groups is 1. The van der Waals surface area contributed by atoms with Gasteiger partial charge in [-0.1, -0.05) is 0 Å². The Morgan fingerprint density at radius 2 is 1.66 bits per heavy atom. The van der Waals surface area contributed by atoms with Crippen LogP contribution in [0.4, 0.5) is 5.95 Å². The number of aldehydes is 1. The van der Waals surface area contributed by atoms with E-state index in [2.05, 4.69) is 15.3 Å². The number of fused-ring (bicyclic) bond motifs is 1. The number of aromatic nitrogens is 2. The standard InChI is InChI=1S/C24H29N3O8/c1-31-6-7-32-8-9-33-10-11-34-12-13-35-22-15-18(3-5-21(22)29)23(30)27-24-25-19-4-2-17(16-28)14-20(19)26-24/h2-5,14-16,29H,6-13H2,1H3,(H2,25,26,27,30). The van der Waals surface area contributed by atoms with Crippen LogP contribution in [0, 0.1) is 0 Å². The Morgan fingerprint density at radius 1 is 0.971 bits per heavy atom. The number of carbonyl (C=O) groups is 2. The van der Waals surface area contributed by atoms with Crippen LogP contribution in [-0.2, 0) is 18.9 Å². The van der Waals surface area contributed by atoms with Gasteiger partial charge in [0.2, 0.25) is 5.95 Å². The SMILES string of the molecule is COCCOCCOCCOCCOc1cc(C(=O)Nc2nc3ccc(C=O)cc3[nH]2)ccc1O. The molecule has 0 radical (unpaired) electrons. The molecule has 1 heterocycles. The Kier molecular flexibility index (Phi) is 10.5. The molecule has 1 amide bonds. The van der Waals surface area contributed by atoms with Crippen LogP contribution in [-0.4, -0.2) is 87.2 Å². The van der Waals surface area contributed by atoms with Gasteiger partial charge in [0.1, 0.15) is 12.9 Å². The molecule has 35 heavy (non-hydrogen) atoms. The average molecular weight is 488 g/mol. The van der Waals surface area contributed by atoms with Gasteiger partial charge in [-0.05, 0) is 36.4 Å². The van der Waals surface area contributed by atoms with Crippen molar-refractivity contribution in [1.82, 2.24) is 9.97 Å². The van der Waals surface area contributed by atoms with Gasteiger partial charge < -0.3 is 33.8 Å². The molecular formula is C24H29N3O8. The first kappa shape index (κ1) is 26.1. The molecule has 3 N–H and O–H groups in total. The van der Waals surface area contributed by atoms with Crippen molar-refractivity contribution in [2.45, 2.75) is 0 Å². The first-order valence-corrected chi connectivity index (χ1v) is 11.0. The van der Waals surface area contributed by atoms with E-state index < -0.39 is 5.91 Å². The number of amides is 1. The maximum atomic E-state index is 12.6. The second kappa shape index (κ2) is 14.0. The smallest absolute Gasteiger partial charge is 0.258 e. The molecule has 2 aromatic carbocycles. The number of phenolic OH excluding ortho intramolecular Hbond substituents is 1. The summed E-state index contributed by atoms with van der Waals surface area (Å²) in [6.07, 6.45) is 0.734. The summed E-state index contributed by atoms with van der Waals surface area (Å²) in [5.74, 6) is -0.140. The molecule has 188 valence electrons. The van der Waals surface area contributed by atoms with Gasteiger partial charge in [-0.25, -0.2) is 4.98 Å². The van der Waals surface area contributed by atoms with Crippen molar-refractivity contribution < 1.29 is 38.4 Å². The molecule has 0 saturated heterocycles. The van der Waals surface area contributed by atoms with Crippen LogP contribution in [0.15, 0.2) is 36.4 Å². The largest absolute Gasteiger partial charge is 0.504 e. The number of carbonyl (C=O) groups excluding carboxylic acids is 2. The molecule has 0 aliphatic rings. The van der Waals surface area contributed by atoms with Crippen molar-refractivity contribution in [2.75, 3.05) is 65.3 Å². The van der Waals surface area contributed by atoms with Gasteiger partial charge in [0, 0.05) is 18.2 Å². The van der Waals surface area contributed by atoms with Crippen molar-refractivity contribution in [3.8, 4) is 11.5 Å². The molecule has 0 aliphatic carbocycles. The molecule has 11 heteroatoms. The van der Waals surface area contributed by atoms with E-state index in [0.717, 1.165) is 6.29 Å². The fraction of sp³-hybridized carbons (Fsp3) is 0.375. The maximum absolute atomic E-state index is 12.6. The summed E-state index contributed by atoms with van der Waals surface area (Å²) in [7, 11) is 1.62. The highest BCUT2D eigenvalue weighted by molar-refractivity contribution is 6.04. The number of benzene rings is 2. The van der Waals surface area contributed by atoms with Crippen LogP contribution in [0.25, 0.3) is 11.0 Å². The fourth-order valence-electron chi connectivity index (χ4n) is 3.01. The van der Waals surface area contributed by atoms with Gasteiger partial charge in [-0.15, -0.1) is 0 Å². The lowest BCUT2D eigenvalue weighted by Gasteiger charge is -2.10. The highest BCUT2D eigenvalue weighted by Gasteiger charge is 2.13. The Morgan fingerprint density at radius 3 is 2.34 bits per heavy atom. The second-order valence-corrected chi connectivity index (χ2v) is 7.29. The molecule has 11 nitrogen and oxygen atoms in total. The number of H-pyrrole nitrogens is 1. The summed E-state index contributed by atoms with van der Waals surface area (Å²) < 4.78 is 26.5. The zero-order valence-electron chi connectivity index (χ0n) is 19.5. The lowest BCUT2D eigenvalue weighted by atomic mass is 10.2. The summed E-state index contributed by atoms with van der Waals surface area (Å²) in [6.45, 7) is 3.33. The van der Waals surface area contributed by atoms with Crippen LogP contribution in [0.5, 0.6) is 11.5 Å². The minimum absolute atomic E-state index is 0.0940. The van der Waals surface area contributed by atoms with Crippen LogP contribution in [0.3, 0.4) is 0 Å². The molecule has 3 aromatic rings. The van der Waals surface area contributed by atoms with E-state index in [0.29, 0.717) is 56.2 Å². The van der Waals surface area contributed by atoms with E-state index in [-0.39, 0.29) is 36.2 Å². The van der Waals surface area contributed by atoms with Gasteiger partial charge in [0.05, 0.1) is 57.3 Å². The molecule has 0 spiro atoms. The summed E-state index contributed by atoms with van der Waals surface area (Å²) in [5, 5.41) is 12.7. The maximum Gasteiger partial charge on any atom is 0.258 e. The van der Waals surface area contributed by atoms with Crippen molar-refractivity contribution in [1.29, 1.82) is 0 Å². The summed E-state index contributed by atoms with van der Waals surface area (Å²) in [5.41, 5.74) is 2.01. The van der Waals surface area contributed by atoms with E-state index in [9.17, 15) is 14.7 Å². The minimum Gasteiger partial charge on any atom is -0.504 e. The van der Waals surface area contributed by atoms with Crippen molar-refractivity contribution >= 4 is 29.2 Å². The molecule has 0 bridgehead atoms. The number of aromatic amines is 1. The normalized spacial score (nSPS) is 11.0. The monoisotopic (exact) mass is 487 g/mol. The Bertz CT molecular complexity index is 1100. The van der Waals surface area contributed by atoms with E-state index in [4.69, 9.17) is 23.7 Å². The third-order valence-electron chi connectivity index (χ3n) is 4.76. The predicted octanol–water partition coefficient (Wildman–Crippen LogP) is 2.41. The van der Waals surface area contributed by atoms with Gasteiger partial charge in [0.25, 0.3) is 5.91 Å². The van der Waals surface area contributed by atoms with Crippen LogP contribution in [0.1, 0.15) is 20.7 Å². The average Bonchev–Trinajstić information content (AvgIpc) is 3.26. The third kappa shape index (κ3) is 8.34. The summed E-state index contributed by atoms with van der Waals surface area (Å²) >= 11 is 0. The molecule has 0 saturated carbocycles. The zero-order valence-corrected chi connectivity index (χ0v) is 19.5. The number of ether oxygens (including phenoxy) is 5. The number of imidazole rings is 1. The number of nitrogens with one attached hydrogen (secondary N) is 2. The fourth-order valence-corrected chi connectivity index (χ4v) is 3.01. The number of methoxy groups -OCH3 is 1. The number of nitrogens with zero attached hydrogens (tertiary/aromatic N) is 1. The molecule has 3 rings (SSSR count). The molecule has 1 aromatic heterocycles. The van der Waals surface area contributed by atoms with E-state index in [1.807, 2.05) is 0 Å². The topological polar surface area (TPSA) is 141 Å². The zero-order chi connectivity index (χ0) is 24.9. The van der Waals surface area contributed by atoms with Gasteiger partial charge >= 0.3 is 0 Å². The summed E-state index contributed by atoms with van der Waals surface area (Å²) in [4.78, 5) is 30.8. The van der Waals surface area contributed by atoms with E-state index >= 15 is 0 Å². The lowest BCUT2D eigenvalue weighted by molar-refractivity contribution is 0.0000838. The quantitative estimate of drug-likeness (QED) is 0.205. The molecular weight excluding hydrogens is 458 g/mol. The minimum atomic E-state index is -0.441. The first-order valence-electron chi connectivity index (χ1n) is 11.0. The second-order valence-electron chi connectivity index (χ2n) is 7.29. The van der Waals surface area contributed by atoms with Gasteiger partial charge in [0.15, 0.2) is 11.5 Å². The van der Waals surface area contributed by atoms with Crippen LogP contribution in [0.2, 0.25) is 0 Å². The number of rotatable bonds is 16. The van der Waals surface area contributed by atoms with E-state index in [1.54, 1.807) is 25.3 Å². The lowest BCUT2D eigenvalue weighted by Crippen LogP contribution is -2.14. The Labute approximate surface area is 202 Å². The molecule has 0 aliphatic heterocycles. The van der Waals surface area contributed by atoms with E-state index in [1.165, 1.54) is 18.2 Å². The molecule has 0 atom stereocenters. The highest BCUT2D eigenvalue weighted by atomic mass is 16.6. The highest BCUT2D eigenvalue weighted by Crippen LogP contribution is 2.27. The van der Waals surface area contributed by atoms with Gasteiger partial charge in [-0.2, -0.15) is 0 Å². The number of anilines is 1. The number of hydrogen-bond acceptors (Lipinski definition) is 9. The number of phenols is 1. The number of hydrogen-bond donors (Lipinski definition) is 3. The third-order valence-corrected chi connectivity index (χ3v) is 4.76. The molecule has 0 unspecified atom stereocenters. The van der Waals surface area contributed by atoms with Crippen LogP contribution >= 0.6 is 0 Å². The van der Waals surface area contributed by atoms with Crippen LogP contribution < -0.4 is 10.1 Å². The first-order chi connectivity index (χ1) is 17.1. The summed E-state index contributed by atoms with van der Waals surface area (Å²) in [6, 6.07) is 9.25. The Hall–Kier alpha value is -3.51. The Balaban J connectivity index is 1.40.